The maximum Gasteiger partial charge on any atom is 0.302 e. The number of epoxide rings is 1. The fourth-order valence-electron chi connectivity index (χ4n) is 9.98. The van der Waals surface area contributed by atoms with Crippen LogP contribution in [0.1, 0.15) is 106 Å². The average molecular weight is 461 g/mol. The topological polar surface area (TPSA) is 59.1 Å². The lowest BCUT2D eigenvalue weighted by Crippen LogP contribution is -2.63. The number of carbonyl (C=O) groups excluding carboxylic acids is 1. The molecule has 0 aromatic carbocycles. The highest BCUT2D eigenvalue weighted by Crippen LogP contribution is 2.74. The molecular weight excluding hydrogens is 412 g/mol. The molecule has 0 bridgehead atoms. The van der Waals surface area contributed by atoms with E-state index < -0.39 is 0 Å². The Bertz CT molecular complexity index is 765. The van der Waals surface area contributed by atoms with Gasteiger partial charge in [-0.25, -0.2) is 0 Å². The molecule has 4 heteroatoms. The summed E-state index contributed by atoms with van der Waals surface area (Å²) in [6.45, 7) is 13.7. The van der Waals surface area contributed by atoms with Crippen LogP contribution in [0.15, 0.2) is 0 Å². The molecule has 5 aliphatic rings. The van der Waals surface area contributed by atoms with Gasteiger partial charge in [0.25, 0.3) is 0 Å². The minimum atomic E-state index is -0.362. The van der Waals surface area contributed by atoms with Crippen molar-refractivity contribution in [3.63, 3.8) is 0 Å². The Morgan fingerprint density at radius 3 is 2.52 bits per heavy atom. The minimum absolute atomic E-state index is 0.0549. The second kappa shape index (κ2) is 8.22. The number of esters is 1. The SMILES string of the molecule is CC(=O)O[C@H]1CC[C@]2(C)[C@H]3CC[C@]4(C)[C@@H]([C@H](C)CCCC(C)C)CC[C@H]4[C@@H]3[C@@H](O)[C@@H]3O[C@@]32C1. The maximum absolute atomic E-state index is 11.7. The summed E-state index contributed by atoms with van der Waals surface area (Å²) in [7, 11) is 0. The number of ether oxygens (including phenoxy) is 2. The highest BCUT2D eigenvalue weighted by molar-refractivity contribution is 5.66. The molecule has 0 amide bonds. The van der Waals surface area contributed by atoms with E-state index in [4.69, 9.17) is 9.47 Å². The Hall–Kier alpha value is -0.610. The second-order valence-electron chi connectivity index (χ2n) is 13.6. The molecule has 0 aromatic rings. The second-order valence-corrected chi connectivity index (χ2v) is 13.6. The molecule has 5 fully saturated rings. The average Bonchev–Trinajstić information content (AvgIpc) is 3.35. The van der Waals surface area contributed by atoms with E-state index in [0.717, 1.165) is 37.0 Å². The molecule has 188 valence electrons. The molecular formula is C29H48O4. The van der Waals surface area contributed by atoms with Gasteiger partial charge in [-0.1, -0.05) is 53.9 Å². The lowest BCUT2D eigenvalue weighted by atomic mass is 9.43. The van der Waals surface area contributed by atoms with Gasteiger partial charge in [0, 0.05) is 18.8 Å². The van der Waals surface area contributed by atoms with Gasteiger partial charge in [0.05, 0.1) is 6.10 Å². The zero-order chi connectivity index (χ0) is 23.8. The molecule has 1 saturated heterocycles. The molecule has 4 aliphatic carbocycles. The van der Waals surface area contributed by atoms with Gasteiger partial charge in [-0.15, -0.1) is 0 Å². The number of hydrogen-bond donors (Lipinski definition) is 1. The van der Waals surface area contributed by atoms with Crippen LogP contribution >= 0.6 is 0 Å². The summed E-state index contributed by atoms with van der Waals surface area (Å²) < 4.78 is 12.1. The Kier molecular flexibility index (Phi) is 6.00. The van der Waals surface area contributed by atoms with Crippen LogP contribution in [0.5, 0.6) is 0 Å². The van der Waals surface area contributed by atoms with Crippen LogP contribution < -0.4 is 0 Å². The minimum Gasteiger partial charge on any atom is -0.462 e. The number of aliphatic hydroxyl groups is 1. The summed E-state index contributed by atoms with van der Waals surface area (Å²) in [6.07, 6.45) is 11.5. The number of fused-ring (bicyclic) bond motifs is 4. The van der Waals surface area contributed by atoms with E-state index in [0.29, 0.717) is 23.2 Å². The highest BCUT2D eigenvalue weighted by atomic mass is 16.6. The van der Waals surface area contributed by atoms with Gasteiger partial charge >= 0.3 is 5.97 Å². The van der Waals surface area contributed by atoms with Gasteiger partial charge in [-0.2, -0.15) is 0 Å². The van der Waals surface area contributed by atoms with E-state index in [2.05, 4.69) is 34.6 Å². The van der Waals surface area contributed by atoms with Crippen molar-refractivity contribution in [2.24, 2.45) is 46.3 Å². The Morgan fingerprint density at radius 2 is 1.82 bits per heavy atom. The van der Waals surface area contributed by atoms with Crippen LogP contribution in [0.4, 0.5) is 0 Å². The molecule has 0 radical (unpaired) electrons. The maximum atomic E-state index is 11.7. The fourth-order valence-corrected chi connectivity index (χ4v) is 9.98. The van der Waals surface area contributed by atoms with Crippen LogP contribution in [-0.2, 0) is 14.3 Å². The third-order valence-electron chi connectivity index (χ3n) is 11.6. The molecule has 5 rings (SSSR count). The molecule has 4 saturated carbocycles. The first-order valence-electron chi connectivity index (χ1n) is 14.1. The summed E-state index contributed by atoms with van der Waals surface area (Å²) in [6, 6.07) is 0. The highest BCUT2D eigenvalue weighted by Gasteiger charge is 2.79. The quantitative estimate of drug-likeness (QED) is 0.382. The van der Waals surface area contributed by atoms with Gasteiger partial charge in [-0.05, 0) is 79.4 Å². The molecule has 11 atom stereocenters. The van der Waals surface area contributed by atoms with Crippen LogP contribution in [0.3, 0.4) is 0 Å². The van der Waals surface area contributed by atoms with Gasteiger partial charge in [0.15, 0.2) is 0 Å². The van der Waals surface area contributed by atoms with Crippen molar-refractivity contribution in [1.29, 1.82) is 0 Å². The smallest absolute Gasteiger partial charge is 0.302 e. The summed E-state index contributed by atoms with van der Waals surface area (Å²) in [5.74, 6) is 3.69. The standard InChI is InChI=1S/C29H48O4/c1-17(2)8-7-9-18(3)21-10-11-22-24-23(13-14-27(21,22)5)28(6)15-12-20(32-19(4)30)16-29(28)26(33-29)25(24)31/h17-18,20-26,31H,7-16H2,1-6H3/t18-,20+,21-,22+,23+,24+,25-,26+,27-,28-,29+/m1/s1. The van der Waals surface area contributed by atoms with Crippen molar-refractivity contribution >= 4 is 5.97 Å². The molecule has 1 heterocycles. The third kappa shape index (κ3) is 3.55. The number of hydrogen-bond acceptors (Lipinski definition) is 4. The first-order valence-corrected chi connectivity index (χ1v) is 14.1. The first-order chi connectivity index (χ1) is 15.5. The number of rotatable bonds is 6. The van der Waals surface area contributed by atoms with Crippen LogP contribution in [-0.4, -0.2) is 35.0 Å². The predicted molar refractivity (Wildman–Crippen MR) is 130 cm³/mol. The van der Waals surface area contributed by atoms with Gasteiger partial charge in [0.2, 0.25) is 0 Å². The van der Waals surface area contributed by atoms with Crippen molar-refractivity contribution in [2.45, 2.75) is 130 Å². The van der Waals surface area contributed by atoms with Crippen LogP contribution in [0.25, 0.3) is 0 Å². The van der Waals surface area contributed by atoms with E-state index in [9.17, 15) is 9.90 Å². The summed E-state index contributed by atoms with van der Waals surface area (Å²) >= 11 is 0. The molecule has 0 unspecified atom stereocenters. The molecule has 0 aromatic heterocycles. The summed E-state index contributed by atoms with van der Waals surface area (Å²) in [4.78, 5) is 11.6. The van der Waals surface area contributed by atoms with Crippen molar-refractivity contribution in [3.8, 4) is 0 Å². The van der Waals surface area contributed by atoms with Crippen molar-refractivity contribution in [3.05, 3.63) is 0 Å². The van der Waals surface area contributed by atoms with Gasteiger partial charge in [-0.3, -0.25) is 4.79 Å². The lowest BCUT2D eigenvalue weighted by molar-refractivity contribution is -0.166. The third-order valence-corrected chi connectivity index (χ3v) is 11.6. The molecule has 33 heavy (non-hydrogen) atoms. The number of aliphatic hydroxyl groups excluding tert-OH is 1. The van der Waals surface area contributed by atoms with Gasteiger partial charge in [0.1, 0.15) is 17.8 Å². The van der Waals surface area contributed by atoms with E-state index in [1.54, 1.807) is 0 Å². The van der Waals surface area contributed by atoms with E-state index in [-0.39, 0.29) is 35.3 Å². The molecule has 4 nitrogen and oxygen atoms in total. The predicted octanol–water partition coefficient (Wildman–Crippen LogP) is 6.14. The van der Waals surface area contributed by atoms with Crippen LogP contribution in [0.2, 0.25) is 0 Å². The van der Waals surface area contributed by atoms with E-state index >= 15 is 0 Å². The zero-order valence-electron chi connectivity index (χ0n) is 21.9. The van der Waals surface area contributed by atoms with Crippen molar-refractivity contribution < 1.29 is 19.4 Å². The summed E-state index contributed by atoms with van der Waals surface area (Å²) in [5, 5.41) is 11.7. The Morgan fingerprint density at radius 1 is 1.06 bits per heavy atom. The van der Waals surface area contributed by atoms with Gasteiger partial charge < -0.3 is 14.6 Å². The van der Waals surface area contributed by atoms with Crippen molar-refractivity contribution in [1.82, 2.24) is 0 Å². The molecule has 1 spiro atoms. The Labute approximate surface area is 201 Å². The largest absolute Gasteiger partial charge is 0.462 e. The first kappa shape index (κ1) is 24.1. The van der Waals surface area contributed by atoms with Crippen molar-refractivity contribution in [2.75, 3.05) is 0 Å². The van der Waals surface area contributed by atoms with E-state index in [1.165, 1.54) is 51.9 Å². The fraction of sp³-hybridized carbons (Fsp3) is 0.966. The lowest BCUT2D eigenvalue weighted by Gasteiger charge is -2.60. The number of carbonyl (C=O) groups is 1. The summed E-state index contributed by atoms with van der Waals surface area (Å²) in [5.41, 5.74) is 0.182. The van der Waals surface area contributed by atoms with E-state index in [1.807, 2.05) is 0 Å². The molecule has 1 aliphatic heterocycles. The zero-order valence-corrected chi connectivity index (χ0v) is 21.9. The monoisotopic (exact) mass is 460 g/mol. The Balaban J connectivity index is 1.34. The normalized spacial score (nSPS) is 51.2. The molecule has 1 N–H and O–H groups in total. The van der Waals surface area contributed by atoms with Crippen LogP contribution in [0, 0.1) is 46.3 Å².